The number of rotatable bonds is 5. The molecule has 0 radical (unpaired) electrons. The van der Waals surface area contributed by atoms with E-state index in [-0.39, 0.29) is 0 Å². The van der Waals surface area contributed by atoms with Crippen molar-refractivity contribution >= 4 is 5.57 Å². The SMILES string of the molecule is C1=C(c2cnn(-c3ccc4c(c3)OCCO4)c2)CCN(CCN2CCCC2)C1. The summed E-state index contributed by atoms with van der Waals surface area (Å²) in [5, 5.41) is 4.58. The minimum atomic E-state index is 0.599. The van der Waals surface area contributed by atoms with Gasteiger partial charge in [-0.3, -0.25) is 4.90 Å². The maximum Gasteiger partial charge on any atom is 0.163 e. The van der Waals surface area contributed by atoms with Crippen LogP contribution in [0.25, 0.3) is 11.3 Å². The third-order valence-corrected chi connectivity index (χ3v) is 5.97. The third-order valence-electron chi connectivity index (χ3n) is 5.97. The standard InChI is InChI=1S/C22H28N4O2/c1-2-8-24(7-1)11-12-25-9-5-18(6-10-25)19-16-23-26(17-19)20-3-4-21-22(15-20)28-14-13-27-21/h3-5,15-17H,1-2,6-14H2. The van der Waals surface area contributed by atoms with E-state index in [9.17, 15) is 0 Å². The Bertz CT molecular complexity index is 854. The lowest BCUT2D eigenvalue weighted by Crippen LogP contribution is -2.36. The average molecular weight is 380 g/mol. The van der Waals surface area contributed by atoms with Crippen LogP contribution in [0.1, 0.15) is 24.8 Å². The summed E-state index contributed by atoms with van der Waals surface area (Å²) in [4.78, 5) is 5.16. The molecule has 3 aliphatic rings. The lowest BCUT2D eigenvalue weighted by molar-refractivity contribution is 0.171. The van der Waals surface area contributed by atoms with Crippen molar-refractivity contribution < 1.29 is 9.47 Å². The fourth-order valence-corrected chi connectivity index (χ4v) is 4.27. The Kier molecular flexibility index (Phi) is 5.06. The molecule has 0 aliphatic carbocycles. The van der Waals surface area contributed by atoms with Gasteiger partial charge in [-0.15, -0.1) is 0 Å². The molecule has 1 saturated heterocycles. The van der Waals surface area contributed by atoms with Gasteiger partial charge in [0.15, 0.2) is 11.5 Å². The van der Waals surface area contributed by atoms with Crippen LogP contribution in [-0.4, -0.2) is 72.1 Å². The number of benzene rings is 1. The molecule has 5 rings (SSSR count). The quantitative estimate of drug-likeness (QED) is 0.798. The fourth-order valence-electron chi connectivity index (χ4n) is 4.27. The van der Waals surface area contributed by atoms with Crippen molar-refractivity contribution in [2.45, 2.75) is 19.3 Å². The first-order chi connectivity index (χ1) is 13.8. The van der Waals surface area contributed by atoms with Gasteiger partial charge in [0.25, 0.3) is 0 Å². The predicted octanol–water partition coefficient (Wildman–Crippen LogP) is 2.83. The molecular formula is C22H28N4O2. The summed E-state index contributed by atoms with van der Waals surface area (Å²) in [6.07, 6.45) is 10.3. The van der Waals surface area contributed by atoms with E-state index in [0.717, 1.165) is 36.7 Å². The van der Waals surface area contributed by atoms with Crippen LogP contribution in [0.5, 0.6) is 11.5 Å². The van der Waals surface area contributed by atoms with E-state index in [1.807, 2.05) is 29.1 Å². The Hall–Kier alpha value is -2.31. The first kappa shape index (κ1) is 17.8. The van der Waals surface area contributed by atoms with Crippen LogP contribution in [0.2, 0.25) is 0 Å². The van der Waals surface area contributed by atoms with Gasteiger partial charge in [-0.1, -0.05) is 6.08 Å². The molecule has 0 bridgehead atoms. The van der Waals surface area contributed by atoms with E-state index in [1.165, 1.54) is 50.2 Å². The molecule has 0 atom stereocenters. The van der Waals surface area contributed by atoms with E-state index < -0.39 is 0 Å². The summed E-state index contributed by atoms with van der Waals surface area (Å²) in [5.41, 5.74) is 3.62. The van der Waals surface area contributed by atoms with Crippen molar-refractivity contribution in [3.63, 3.8) is 0 Å². The molecule has 2 aromatic rings. The number of aromatic nitrogens is 2. The molecule has 28 heavy (non-hydrogen) atoms. The zero-order chi connectivity index (χ0) is 18.8. The number of ether oxygens (including phenoxy) is 2. The van der Waals surface area contributed by atoms with Crippen LogP contribution in [0.4, 0.5) is 0 Å². The van der Waals surface area contributed by atoms with Crippen molar-refractivity contribution in [2.24, 2.45) is 0 Å². The maximum atomic E-state index is 5.69. The minimum absolute atomic E-state index is 0.599. The van der Waals surface area contributed by atoms with Crippen molar-refractivity contribution in [3.8, 4) is 17.2 Å². The highest BCUT2D eigenvalue weighted by Crippen LogP contribution is 2.32. The van der Waals surface area contributed by atoms with Crippen molar-refractivity contribution in [3.05, 3.63) is 42.2 Å². The van der Waals surface area contributed by atoms with Crippen LogP contribution < -0.4 is 9.47 Å². The van der Waals surface area contributed by atoms with Gasteiger partial charge in [0.1, 0.15) is 13.2 Å². The highest BCUT2D eigenvalue weighted by atomic mass is 16.6. The molecule has 4 heterocycles. The average Bonchev–Trinajstić information content (AvgIpc) is 3.45. The first-order valence-corrected chi connectivity index (χ1v) is 10.4. The van der Waals surface area contributed by atoms with Crippen LogP contribution in [0.15, 0.2) is 36.7 Å². The zero-order valence-corrected chi connectivity index (χ0v) is 16.3. The second-order valence-corrected chi connectivity index (χ2v) is 7.83. The molecule has 1 fully saturated rings. The maximum absolute atomic E-state index is 5.69. The second-order valence-electron chi connectivity index (χ2n) is 7.83. The summed E-state index contributed by atoms with van der Waals surface area (Å²) in [7, 11) is 0. The molecule has 1 aromatic heterocycles. The van der Waals surface area contributed by atoms with E-state index >= 15 is 0 Å². The van der Waals surface area contributed by atoms with Gasteiger partial charge in [-0.25, -0.2) is 4.68 Å². The molecule has 6 heteroatoms. The number of hydrogen-bond acceptors (Lipinski definition) is 5. The normalized spacial score (nSPS) is 20.4. The molecule has 1 aromatic carbocycles. The Morgan fingerprint density at radius 1 is 0.929 bits per heavy atom. The van der Waals surface area contributed by atoms with E-state index in [1.54, 1.807) is 0 Å². The lowest BCUT2D eigenvalue weighted by atomic mass is 10.0. The largest absolute Gasteiger partial charge is 0.486 e. The summed E-state index contributed by atoms with van der Waals surface area (Å²) in [5.74, 6) is 1.61. The predicted molar refractivity (Wildman–Crippen MR) is 109 cm³/mol. The molecule has 0 spiro atoms. The Balaban J connectivity index is 1.22. The van der Waals surface area contributed by atoms with Crippen molar-refractivity contribution in [1.82, 2.24) is 19.6 Å². The van der Waals surface area contributed by atoms with Crippen molar-refractivity contribution in [2.75, 3.05) is 52.5 Å². The van der Waals surface area contributed by atoms with Crippen molar-refractivity contribution in [1.29, 1.82) is 0 Å². The minimum Gasteiger partial charge on any atom is -0.486 e. The zero-order valence-electron chi connectivity index (χ0n) is 16.3. The third kappa shape index (κ3) is 3.80. The summed E-state index contributed by atoms with van der Waals surface area (Å²) >= 11 is 0. The highest BCUT2D eigenvalue weighted by molar-refractivity contribution is 5.66. The second kappa shape index (κ2) is 7.97. The molecular weight excluding hydrogens is 352 g/mol. The number of fused-ring (bicyclic) bond motifs is 1. The van der Waals surface area contributed by atoms with Gasteiger partial charge in [0.2, 0.25) is 0 Å². The van der Waals surface area contributed by atoms with Gasteiger partial charge in [-0.05, 0) is 50.1 Å². The van der Waals surface area contributed by atoms with Gasteiger partial charge in [0.05, 0.1) is 11.9 Å². The first-order valence-electron chi connectivity index (χ1n) is 10.4. The molecule has 3 aliphatic heterocycles. The summed E-state index contributed by atoms with van der Waals surface area (Å²) < 4.78 is 13.2. The van der Waals surface area contributed by atoms with E-state index in [2.05, 4.69) is 27.2 Å². The van der Waals surface area contributed by atoms with Gasteiger partial charge < -0.3 is 14.4 Å². The van der Waals surface area contributed by atoms with Crippen LogP contribution in [0, 0.1) is 0 Å². The number of hydrogen-bond donors (Lipinski definition) is 0. The molecule has 6 nitrogen and oxygen atoms in total. The van der Waals surface area contributed by atoms with Gasteiger partial charge >= 0.3 is 0 Å². The molecule has 0 unspecified atom stereocenters. The molecule has 0 amide bonds. The summed E-state index contributed by atoms with van der Waals surface area (Å²) in [6.45, 7) is 8.35. The Morgan fingerprint density at radius 3 is 2.57 bits per heavy atom. The van der Waals surface area contributed by atoms with Gasteiger partial charge in [0, 0.05) is 44.0 Å². The van der Waals surface area contributed by atoms with Crippen LogP contribution in [-0.2, 0) is 0 Å². The fraction of sp³-hybridized carbons (Fsp3) is 0.500. The molecule has 148 valence electrons. The van der Waals surface area contributed by atoms with Gasteiger partial charge in [-0.2, -0.15) is 5.10 Å². The lowest BCUT2D eigenvalue weighted by Gasteiger charge is -2.28. The van der Waals surface area contributed by atoms with Crippen LogP contribution in [0.3, 0.4) is 0 Å². The molecule has 0 saturated carbocycles. The van der Waals surface area contributed by atoms with E-state index in [4.69, 9.17) is 9.47 Å². The number of likely N-dealkylation sites (tertiary alicyclic amines) is 1. The smallest absolute Gasteiger partial charge is 0.163 e. The Morgan fingerprint density at radius 2 is 1.75 bits per heavy atom. The van der Waals surface area contributed by atoms with Crippen LogP contribution >= 0.6 is 0 Å². The summed E-state index contributed by atoms with van der Waals surface area (Å²) in [6, 6.07) is 5.99. The highest BCUT2D eigenvalue weighted by Gasteiger charge is 2.18. The number of nitrogens with zero attached hydrogens (tertiary/aromatic N) is 4. The Labute approximate surface area is 166 Å². The van der Waals surface area contributed by atoms with E-state index in [0.29, 0.717) is 13.2 Å². The topological polar surface area (TPSA) is 42.8 Å². The molecule has 0 N–H and O–H groups in total. The monoisotopic (exact) mass is 380 g/mol.